The number of aryl methyl sites for hydroxylation is 2. The highest BCUT2D eigenvalue weighted by Crippen LogP contribution is 2.31. The van der Waals surface area contributed by atoms with Crippen molar-refractivity contribution in [3.05, 3.63) is 113 Å². The number of nitrogens with zero attached hydrogens (tertiary/aromatic N) is 6. The minimum Gasteiger partial charge on any atom is -0.297 e. The molecule has 0 N–H and O–H groups in total. The normalized spacial score (nSPS) is 16.0. The number of benzene rings is 3. The molecule has 7 heteroatoms. The Morgan fingerprint density at radius 2 is 1.61 bits per heavy atom. The van der Waals surface area contributed by atoms with E-state index in [0.29, 0.717) is 5.82 Å². The Morgan fingerprint density at radius 1 is 0.889 bits per heavy atom. The van der Waals surface area contributed by atoms with Crippen molar-refractivity contribution in [2.24, 2.45) is 0 Å². The summed E-state index contributed by atoms with van der Waals surface area (Å²) in [5, 5.41) is 12.9. The smallest absolute Gasteiger partial charge is 0.178 e. The molecule has 1 aliphatic heterocycles. The summed E-state index contributed by atoms with van der Waals surface area (Å²) in [6, 6.07) is 23.1. The highest BCUT2D eigenvalue weighted by molar-refractivity contribution is 5.49. The number of hydrogen-bond acceptors (Lipinski definition) is 5. The first-order valence-electron chi connectivity index (χ1n) is 12.4. The number of para-hydroxylation sites is 1. The first-order chi connectivity index (χ1) is 17.6. The zero-order chi connectivity index (χ0) is 24.9. The van der Waals surface area contributed by atoms with Crippen molar-refractivity contribution in [2.75, 3.05) is 32.7 Å². The monoisotopic (exact) mass is 482 g/mol. The van der Waals surface area contributed by atoms with E-state index in [1.807, 2.05) is 22.9 Å². The molecule has 5 rings (SSSR count). The highest BCUT2D eigenvalue weighted by Gasteiger charge is 2.31. The number of aromatic nitrogens is 4. The molecule has 3 aromatic carbocycles. The lowest BCUT2D eigenvalue weighted by molar-refractivity contribution is 0.113. The van der Waals surface area contributed by atoms with E-state index < -0.39 is 0 Å². The molecule has 0 unspecified atom stereocenters. The predicted octanol–water partition coefficient (Wildman–Crippen LogP) is 4.84. The molecule has 36 heavy (non-hydrogen) atoms. The molecule has 0 amide bonds. The third kappa shape index (κ3) is 5.27. The first kappa shape index (κ1) is 24.0. The molecule has 184 valence electrons. The summed E-state index contributed by atoms with van der Waals surface area (Å²) in [4.78, 5) is 4.80. The minimum atomic E-state index is -0.256. The molecule has 1 fully saturated rings. The van der Waals surface area contributed by atoms with Gasteiger partial charge in [0.1, 0.15) is 5.82 Å². The second-order valence-electron chi connectivity index (χ2n) is 9.30. The Balaban J connectivity index is 1.39. The molecule has 0 bridgehead atoms. The molecule has 0 spiro atoms. The Hall–Kier alpha value is -3.68. The van der Waals surface area contributed by atoms with Crippen molar-refractivity contribution in [3.8, 4) is 5.69 Å². The third-order valence-corrected chi connectivity index (χ3v) is 6.80. The van der Waals surface area contributed by atoms with E-state index >= 15 is 0 Å². The molecule has 0 radical (unpaired) electrons. The standard InChI is InChI=1S/C29H31FN6/c1-22-9-6-10-23(2)27(22)36-29(31-32-33-36)28(25-14-7-15-26(30)21-25)35-19-17-34(18-20-35)16-8-13-24-11-4-3-5-12-24/h3-15,21,28H,16-20H2,1-2H3/t28-/m1/s1. The quantitative estimate of drug-likeness (QED) is 0.377. The van der Waals surface area contributed by atoms with Crippen molar-refractivity contribution in [1.82, 2.24) is 30.0 Å². The fraction of sp³-hybridized carbons (Fsp3) is 0.276. The van der Waals surface area contributed by atoms with Gasteiger partial charge in [-0.15, -0.1) is 5.10 Å². The van der Waals surface area contributed by atoms with Crippen LogP contribution in [-0.4, -0.2) is 62.7 Å². The molecule has 4 aromatic rings. The van der Waals surface area contributed by atoms with Crippen LogP contribution in [0.5, 0.6) is 0 Å². The third-order valence-electron chi connectivity index (χ3n) is 6.80. The summed E-state index contributed by atoms with van der Waals surface area (Å²) in [6.07, 6.45) is 4.39. The Morgan fingerprint density at radius 3 is 2.33 bits per heavy atom. The van der Waals surface area contributed by atoms with Crippen LogP contribution in [0.15, 0.2) is 78.9 Å². The second kappa shape index (κ2) is 10.9. The average molecular weight is 483 g/mol. The summed E-state index contributed by atoms with van der Waals surface area (Å²) in [5.74, 6) is 0.448. The first-order valence-corrected chi connectivity index (χ1v) is 12.4. The Bertz CT molecular complexity index is 1300. The molecule has 6 nitrogen and oxygen atoms in total. The SMILES string of the molecule is Cc1cccc(C)c1-n1nnnc1[C@@H](c1cccc(F)c1)N1CCN(CC=Cc2ccccc2)CC1. The van der Waals surface area contributed by atoms with E-state index in [9.17, 15) is 4.39 Å². The molecule has 2 heterocycles. The average Bonchev–Trinajstić information content (AvgIpc) is 3.34. The van der Waals surface area contributed by atoms with Gasteiger partial charge >= 0.3 is 0 Å². The van der Waals surface area contributed by atoms with E-state index in [1.165, 1.54) is 11.6 Å². The number of rotatable bonds is 7. The Labute approximate surface area is 211 Å². The Kier molecular flexibility index (Phi) is 7.30. The van der Waals surface area contributed by atoms with Crippen LogP contribution in [0.3, 0.4) is 0 Å². The van der Waals surface area contributed by atoms with E-state index in [1.54, 1.807) is 12.1 Å². The zero-order valence-corrected chi connectivity index (χ0v) is 20.8. The van der Waals surface area contributed by atoms with Crippen LogP contribution in [0.4, 0.5) is 4.39 Å². The highest BCUT2D eigenvalue weighted by atomic mass is 19.1. The van der Waals surface area contributed by atoms with Crippen molar-refractivity contribution < 1.29 is 4.39 Å². The van der Waals surface area contributed by atoms with Crippen molar-refractivity contribution in [2.45, 2.75) is 19.9 Å². The maximum Gasteiger partial charge on any atom is 0.178 e. The maximum atomic E-state index is 14.3. The number of halogens is 1. The topological polar surface area (TPSA) is 50.1 Å². The number of tetrazole rings is 1. The zero-order valence-electron chi connectivity index (χ0n) is 20.8. The maximum absolute atomic E-state index is 14.3. The van der Waals surface area contributed by atoms with Crippen molar-refractivity contribution in [1.29, 1.82) is 0 Å². The lowest BCUT2D eigenvalue weighted by Gasteiger charge is -2.38. The van der Waals surface area contributed by atoms with Crippen LogP contribution in [0.1, 0.15) is 34.1 Å². The van der Waals surface area contributed by atoms with E-state index in [0.717, 1.165) is 55.1 Å². The van der Waals surface area contributed by atoms with Gasteiger partial charge in [-0.2, -0.15) is 4.68 Å². The van der Waals surface area contributed by atoms with Crippen LogP contribution in [0, 0.1) is 19.7 Å². The van der Waals surface area contributed by atoms with Crippen LogP contribution < -0.4 is 0 Å². The second-order valence-corrected chi connectivity index (χ2v) is 9.30. The van der Waals surface area contributed by atoms with Crippen molar-refractivity contribution in [3.63, 3.8) is 0 Å². The molecule has 0 aliphatic carbocycles. The van der Waals surface area contributed by atoms with Gasteiger partial charge in [0.05, 0.1) is 11.7 Å². The van der Waals surface area contributed by atoms with Gasteiger partial charge in [0, 0.05) is 32.7 Å². The molecule has 1 saturated heterocycles. The molecular formula is C29H31FN6. The van der Waals surface area contributed by atoms with Gasteiger partial charge < -0.3 is 0 Å². The van der Waals surface area contributed by atoms with Gasteiger partial charge in [-0.05, 0) is 58.7 Å². The molecule has 1 aromatic heterocycles. The minimum absolute atomic E-state index is 0.253. The largest absolute Gasteiger partial charge is 0.297 e. The summed E-state index contributed by atoms with van der Waals surface area (Å²) in [6.45, 7) is 8.51. The summed E-state index contributed by atoms with van der Waals surface area (Å²) >= 11 is 0. The van der Waals surface area contributed by atoms with Gasteiger partial charge in [-0.3, -0.25) is 9.80 Å². The van der Waals surface area contributed by atoms with E-state index in [-0.39, 0.29) is 11.9 Å². The van der Waals surface area contributed by atoms with Gasteiger partial charge in [-0.25, -0.2) is 4.39 Å². The predicted molar refractivity (Wildman–Crippen MR) is 140 cm³/mol. The van der Waals surface area contributed by atoms with Crippen LogP contribution in [-0.2, 0) is 0 Å². The van der Waals surface area contributed by atoms with Gasteiger partial charge in [0.25, 0.3) is 0 Å². The summed E-state index contributed by atoms with van der Waals surface area (Å²) in [5.41, 5.74) is 5.23. The van der Waals surface area contributed by atoms with Crippen LogP contribution in [0.2, 0.25) is 0 Å². The molecule has 0 saturated carbocycles. The fourth-order valence-electron chi connectivity index (χ4n) is 4.97. The van der Waals surface area contributed by atoms with Gasteiger partial charge in [0.15, 0.2) is 5.82 Å². The van der Waals surface area contributed by atoms with Gasteiger partial charge in [0.2, 0.25) is 0 Å². The summed E-state index contributed by atoms with van der Waals surface area (Å²) < 4.78 is 16.2. The number of hydrogen-bond donors (Lipinski definition) is 0. The van der Waals surface area contributed by atoms with E-state index in [4.69, 9.17) is 0 Å². The fourth-order valence-corrected chi connectivity index (χ4v) is 4.97. The van der Waals surface area contributed by atoms with Crippen LogP contribution >= 0.6 is 0 Å². The molecular weight excluding hydrogens is 451 g/mol. The van der Waals surface area contributed by atoms with Crippen molar-refractivity contribution >= 4 is 6.08 Å². The lowest BCUT2D eigenvalue weighted by Crippen LogP contribution is -2.48. The van der Waals surface area contributed by atoms with Gasteiger partial charge in [-0.1, -0.05) is 72.8 Å². The van der Waals surface area contributed by atoms with E-state index in [2.05, 4.69) is 87.7 Å². The lowest BCUT2D eigenvalue weighted by atomic mass is 10.0. The summed E-state index contributed by atoms with van der Waals surface area (Å²) in [7, 11) is 0. The number of piperazine rings is 1. The molecule has 1 atom stereocenters. The van der Waals surface area contributed by atoms with Crippen LogP contribution in [0.25, 0.3) is 11.8 Å². The molecule has 1 aliphatic rings.